The molecule has 6 heteroatoms. The lowest BCUT2D eigenvalue weighted by molar-refractivity contribution is -0.121. The number of nitrogens with zero attached hydrogens (tertiary/aromatic N) is 2. The van der Waals surface area contributed by atoms with Crippen LogP contribution in [-0.2, 0) is 4.79 Å². The Labute approximate surface area is 170 Å². The minimum absolute atomic E-state index is 0.0462. The number of H-pyrrole nitrogens is 1. The second-order valence-electron chi connectivity index (χ2n) is 7.03. The topological polar surface area (TPSA) is 80.7 Å². The average Bonchev–Trinajstić information content (AvgIpc) is 2.99. The lowest BCUT2D eigenvalue weighted by atomic mass is 10.1. The maximum atomic E-state index is 11.7. The third-order valence-corrected chi connectivity index (χ3v) is 4.24. The predicted molar refractivity (Wildman–Crippen MR) is 117 cm³/mol. The van der Waals surface area contributed by atoms with Gasteiger partial charge in [-0.1, -0.05) is 30.0 Å². The Kier molecular flexibility index (Phi) is 6.32. The predicted octanol–water partition coefficient (Wildman–Crippen LogP) is 2.96. The van der Waals surface area contributed by atoms with E-state index in [0.717, 1.165) is 27.7 Å². The third-order valence-electron chi connectivity index (χ3n) is 4.24. The lowest BCUT2D eigenvalue weighted by Gasteiger charge is -2.07. The molecule has 0 aliphatic rings. The van der Waals surface area contributed by atoms with Crippen LogP contribution in [0.3, 0.4) is 0 Å². The Morgan fingerprint density at radius 3 is 2.83 bits per heavy atom. The zero-order valence-corrected chi connectivity index (χ0v) is 16.8. The molecule has 0 fully saturated rings. The van der Waals surface area contributed by atoms with Crippen LogP contribution in [0, 0.1) is 18.8 Å². The SMILES string of the molecule is Cc1cccc(N=Cc2c(O)[nH]c3cccc(C#CCNC(=O)CN(C)C)c23)c1. The first-order valence-electron chi connectivity index (χ1n) is 9.28. The van der Waals surface area contributed by atoms with Gasteiger partial charge in [0.05, 0.1) is 29.9 Å². The molecule has 2 aromatic carbocycles. The van der Waals surface area contributed by atoms with Crippen molar-refractivity contribution in [2.75, 3.05) is 27.2 Å². The first-order valence-corrected chi connectivity index (χ1v) is 9.28. The van der Waals surface area contributed by atoms with Crippen LogP contribution in [-0.4, -0.2) is 54.3 Å². The van der Waals surface area contributed by atoms with Crippen molar-refractivity contribution in [3.8, 4) is 17.7 Å². The summed E-state index contributed by atoms with van der Waals surface area (Å²) in [5, 5.41) is 13.9. The van der Waals surface area contributed by atoms with E-state index in [1.165, 1.54) is 0 Å². The van der Waals surface area contributed by atoms with E-state index in [2.05, 4.69) is 27.1 Å². The van der Waals surface area contributed by atoms with Crippen LogP contribution in [0.5, 0.6) is 5.88 Å². The van der Waals surface area contributed by atoms with Gasteiger partial charge >= 0.3 is 0 Å². The van der Waals surface area contributed by atoms with Gasteiger partial charge in [-0.2, -0.15) is 0 Å². The number of amides is 1. The lowest BCUT2D eigenvalue weighted by Crippen LogP contribution is -2.33. The number of carbonyl (C=O) groups excluding carboxylic acids is 1. The molecule has 0 unspecified atom stereocenters. The maximum Gasteiger partial charge on any atom is 0.234 e. The number of nitrogens with one attached hydrogen (secondary N) is 2. The first kappa shape index (κ1) is 20.2. The molecule has 0 atom stereocenters. The molecule has 3 N–H and O–H groups in total. The van der Waals surface area contributed by atoms with Crippen molar-refractivity contribution in [3.05, 3.63) is 59.2 Å². The van der Waals surface area contributed by atoms with Crippen LogP contribution in [0.2, 0.25) is 0 Å². The molecule has 0 saturated heterocycles. The van der Waals surface area contributed by atoms with Crippen molar-refractivity contribution in [2.24, 2.45) is 4.99 Å². The largest absolute Gasteiger partial charge is 0.494 e. The Morgan fingerprint density at radius 1 is 1.28 bits per heavy atom. The molecule has 0 aliphatic carbocycles. The van der Waals surface area contributed by atoms with E-state index in [1.807, 2.05) is 63.5 Å². The molecule has 1 heterocycles. The van der Waals surface area contributed by atoms with Crippen molar-refractivity contribution in [1.29, 1.82) is 0 Å². The first-order chi connectivity index (χ1) is 13.9. The minimum Gasteiger partial charge on any atom is -0.494 e. The second-order valence-corrected chi connectivity index (χ2v) is 7.03. The highest BCUT2D eigenvalue weighted by Crippen LogP contribution is 2.29. The molecule has 1 amide bonds. The van der Waals surface area contributed by atoms with Crippen molar-refractivity contribution in [1.82, 2.24) is 15.2 Å². The highest BCUT2D eigenvalue weighted by atomic mass is 16.3. The van der Waals surface area contributed by atoms with Gasteiger partial charge in [-0.3, -0.25) is 9.79 Å². The number of aryl methyl sites for hydroxylation is 1. The van der Waals surface area contributed by atoms with E-state index in [9.17, 15) is 9.90 Å². The van der Waals surface area contributed by atoms with Gasteiger partial charge in [0.15, 0.2) is 5.88 Å². The number of hydrogen-bond acceptors (Lipinski definition) is 4. The van der Waals surface area contributed by atoms with Crippen LogP contribution < -0.4 is 5.32 Å². The number of benzene rings is 2. The summed E-state index contributed by atoms with van der Waals surface area (Å²) in [6.07, 6.45) is 1.65. The molecule has 6 nitrogen and oxygen atoms in total. The molecule has 0 aliphatic heterocycles. The summed E-state index contributed by atoms with van der Waals surface area (Å²) in [7, 11) is 3.67. The Morgan fingerprint density at radius 2 is 2.07 bits per heavy atom. The van der Waals surface area contributed by atoms with Crippen LogP contribution in [0.25, 0.3) is 10.9 Å². The molecular weight excluding hydrogens is 364 g/mol. The number of aromatic nitrogens is 1. The van der Waals surface area contributed by atoms with Crippen LogP contribution >= 0.6 is 0 Å². The fraction of sp³-hybridized carbons (Fsp3) is 0.217. The third kappa shape index (κ3) is 5.24. The number of hydrogen-bond donors (Lipinski definition) is 3. The average molecular weight is 388 g/mol. The smallest absolute Gasteiger partial charge is 0.234 e. The maximum absolute atomic E-state index is 11.7. The summed E-state index contributed by atoms with van der Waals surface area (Å²) in [4.78, 5) is 21.0. The van der Waals surface area contributed by atoms with Crippen molar-refractivity contribution < 1.29 is 9.90 Å². The number of aliphatic imine (C=N–C) groups is 1. The van der Waals surface area contributed by atoms with Gasteiger partial charge in [0.25, 0.3) is 0 Å². The second kappa shape index (κ2) is 9.09. The van der Waals surface area contributed by atoms with E-state index in [4.69, 9.17) is 0 Å². The minimum atomic E-state index is -0.0761. The zero-order valence-electron chi connectivity index (χ0n) is 16.8. The summed E-state index contributed by atoms with van der Waals surface area (Å²) in [6, 6.07) is 13.5. The van der Waals surface area contributed by atoms with Crippen LogP contribution in [0.4, 0.5) is 5.69 Å². The number of likely N-dealkylation sites (N-methyl/N-ethyl adjacent to an activating group) is 1. The molecule has 29 heavy (non-hydrogen) atoms. The Bertz CT molecular complexity index is 1120. The highest BCUT2D eigenvalue weighted by molar-refractivity contribution is 6.05. The molecule has 0 bridgehead atoms. The standard InChI is InChI=1S/C23H24N4O2/c1-16-7-4-10-18(13-16)25-14-19-22-17(8-5-11-20(22)26-23(19)29)9-6-12-24-21(28)15-27(2)3/h4-5,7-8,10-11,13-14,26,29H,12,15H2,1-3H3,(H,24,28). The van der Waals surface area contributed by atoms with Gasteiger partial charge < -0.3 is 20.3 Å². The number of aromatic hydroxyl groups is 1. The van der Waals surface area contributed by atoms with Crippen molar-refractivity contribution in [2.45, 2.75) is 6.92 Å². The molecule has 3 aromatic rings. The number of rotatable bonds is 5. The van der Waals surface area contributed by atoms with E-state index < -0.39 is 0 Å². The van der Waals surface area contributed by atoms with Gasteiger partial charge in [-0.25, -0.2) is 0 Å². The highest BCUT2D eigenvalue weighted by Gasteiger charge is 2.12. The summed E-state index contributed by atoms with van der Waals surface area (Å²) in [6.45, 7) is 2.59. The normalized spacial score (nSPS) is 11.0. The number of aromatic amines is 1. The van der Waals surface area contributed by atoms with Gasteiger partial charge in [0, 0.05) is 17.2 Å². The summed E-state index contributed by atoms with van der Waals surface area (Å²) in [5.41, 5.74) is 4.04. The number of carbonyl (C=O) groups is 1. The van der Waals surface area contributed by atoms with Crippen LogP contribution in [0.1, 0.15) is 16.7 Å². The monoisotopic (exact) mass is 388 g/mol. The Hall–Kier alpha value is -3.56. The molecule has 0 saturated carbocycles. The fourth-order valence-corrected chi connectivity index (χ4v) is 2.96. The number of fused-ring (bicyclic) bond motifs is 1. The molecule has 3 rings (SSSR count). The molecule has 1 aromatic heterocycles. The quantitative estimate of drug-likeness (QED) is 0.464. The molecule has 0 spiro atoms. The zero-order chi connectivity index (χ0) is 20.8. The van der Waals surface area contributed by atoms with Gasteiger partial charge in [0.1, 0.15) is 0 Å². The molecule has 0 radical (unpaired) electrons. The van der Waals surface area contributed by atoms with Crippen LogP contribution in [0.15, 0.2) is 47.5 Å². The molecule has 148 valence electrons. The molecular formula is C23H24N4O2. The van der Waals surface area contributed by atoms with Gasteiger partial charge in [-0.05, 0) is 50.8 Å². The van der Waals surface area contributed by atoms with Crippen molar-refractivity contribution in [3.63, 3.8) is 0 Å². The van der Waals surface area contributed by atoms with Crippen molar-refractivity contribution >= 4 is 28.7 Å². The van der Waals surface area contributed by atoms with E-state index in [-0.39, 0.29) is 18.3 Å². The summed E-state index contributed by atoms with van der Waals surface area (Å²) in [5.74, 6) is 6.03. The van der Waals surface area contributed by atoms with E-state index >= 15 is 0 Å². The van der Waals surface area contributed by atoms with E-state index in [0.29, 0.717) is 12.1 Å². The summed E-state index contributed by atoms with van der Waals surface area (Å²) < 4.78 is 0. The Balaban J connectivity index is 1.86. The summed E-state index contributed by atoms with van der Waals surface area (Å²) >= 11 is 0. The fourth-order valence-electron chi connectivity index (χ4n) is 2.96. The van der Waals surface area contributed by atoms with E-state index in [1.54, 1.807) is 11.1 Å². The van der Waals surface area contributed by atoms with Gasteiger partial charge in [-0.15, -0.1) is 0 Å². The van der Waals surface area contributed by atoms with Gasteiger partial charge in [0.2, 0.25) is 5.91 Å².